The number of para-hydroxylation sites is 1. The number of halogens is 1. The van der Waals surface area contributed by atoms with Gasteiger partial charge in [0.2, 0.25) is 17.8 Å². The minimum absolute atomic E-state index is 0.0285. The maximum Gasteiger partial charge on any atom is 0.325 e. The highest BCUT2D eigenvalue weighted by Gasteiger charge is 2.16. The fraction of sp³-hybridized carbons (Fsp3) is 0.105. The van der Waals surface area contributed by atoms with Gasteiger partial charge in [-0.1, -0.05) is 29.5 Å². The first kappa shape index (κ1) is 20.8. The summed E-state index contributed by atoms with van der Waals surface area (Å²) in [6.07, 6.45) is 1.46. The Bertz CT molecular complexity index is 1140. The molecule has 0 bridgehead atoms. The Morgan fingerprint density at radius 3 is 2.71 bits per heavy atom. The molecule has 1 aliphatic rings. The molecule has 0 saturated heterocycles. The van der Waals surface area contributed by atoms with Crippen LogP contribution in [0.3, 0.4) is 0 Å². The first-order valence-corrected chi connectivity index (χ1v) is 10.5. The third-order valence-electron chi connectivity index (χ3n) is 3.92. The van der Waals surface area contributed by atoms with E-state index in [-0.39, 0.29) is 24.3 Å². The summed E-state index contributed by atoms with van der Waals surface area (Å²) in [5.74, 6) is 0.886. The van der Waals surface area contributed by atoms with Crippen LogP contribution in [0.25, 0.3) is 0 Å². The lowest BCUT2D eigenvalue weighted by Gasteiger charge is -2.03. The highest BCUT2D eigenvalue weighted by Crippen LogP contribution is 2.36. The summed E-state index contributed by atoms with van der Waals surface area (Å²) in [6, 6.07) is 12.1. The number of anilines is 2. The van der Waals surface area contributed by atoms with Gasteiger partial charge in [-0.15, -0.1) is 10.2 Å². The predicted octanol–water partition coefficient (Wildman–Crippen LogP) is 3.37. The van der Waals surface area contributed by atoms with E-state index in [0.717, 1.165) is 21.4 Å². The molecule has 10 nitrogen and oxygen atoms in total. The number of rotatable bonds is 6. The highest BCUT2D eigenvalue weighted by molar-refractivity contribution is 9.10. The molecule has 2 aromatic carbocycles. The second kappa shape index (κ2) is 9.53. The van der Waals surface area contributed by atoms with E-state index < -0.39 is 6.03 Å². The minimum Gasteiger partial charge on any atom is -0.454 e. The first-order chi connectivity index (χ1) is 15.1. The molecule has 3 aromatic rings. The van der Waals surface area contributed by atoms with E-state index in [9.17, 15) is 9.59 Å². The molecule has 1 aliphatic heterocycles. The fourth-order valence-corrected chi connectivity index (χ4v) is 3.70. The molecule has 0 unspecified atom stereocenters. The number of hydrazone groups is 1. The zero-order valence-electron chi connectivity index (χ0n) is 15.8. The number of nitrogens with zero attached hydrogens (tertiary/aromatic N) is 3. The lowest BCUT2D eigenvalue weighted by atomic mass is 10.2. The third kappa shape index (κ3) is 5.55. The van der Waals surface area contributed by atoms with E-state index in [4.69, 9.17) is 9.47 Å². The first-order valence-electron chi connectivity index (χ1n) is 8.93. The van der Waals surface area contributed by atoms with Crippen LogP contribution in [0.5, 0.6) is 11.5 Å². The lowest BCUT2D eigenvalue weighted by Crippen LogP contribution is -2.19. The van der Waals surface area contributed by atoms with Gasteiger partial charge in [-0.05, 0) is 40.2 Å². The summed E-state index contributed by atoms with van der Waals surface area (Å²) in [5, 5.41) is 17.7. The Hall–Kier alpha value is -3.51. The molecule has 3 N–H and O–H groups in total. The molecule has 4 rings (SSSR count). The van der Waals surface area contributed by atoms with Gasteiger partial charge in [0, 0.05) is 15.7 Å². The van der Waals surface area contributed by atoms with E-state index >= 15 is 0 Å². The van der Waals surface area contributed by atoms with Gasteiger partial charge in [0.25, 0.3) is 0 Å². The molecule has 31 heavy (non-hydrogen) atoms. The Balaban J connectivity index is 1.27. The number of carbonyl (C=O) groups excluding carboxylic acids is 2. The van der Waals surface area contributed by atoms with Crippen LogP contribution in [-0.4, -0.2) is 35.1 Å². The van der Waals surface area contributed by atoms with Crippen LogP contribution in [0.15, 0.2) is 52.0 Å². The largest absolute Gasteiger partial charge is 0.454 e. The molecular weight excluding hydrogens is 488 g/mol. The number of hydrogen-bond acceptors (Lipinski definition) is 8. The fourth-order valence-electron chi connectivity index (χ4n) is 2.54. The van der Waals surface area contributed by atoms with Gasteiger partial charge >= 0.3 is 6.03 Å². The summed E-state index contributed by atoms with van der Waals surface area (Å²) >= 11 is 4.52. The summed E-state index contributed by atoms with van der Waals surface area (Å²) in [5.41, 5.74) is 3.80. The summed E-state index contributed by atoms with van der Waals surface area (Å²) in [4.78, 5) is 24.1. The monoisotopic (exact) mass is 502 g/mol. The van der Waals surface area contributed by atoms with Gasteiger partial charge in [-0.2, -0.15) is 5.10 Å². The quantitative estimate of drug-likeness (QED) is 0.350. The number of aromatic nitrogens is 2. The summed E-state index contributed by atoms with van der Waals surface area (Å²) in [7, 11) is 0. The molecule has 0 spiro atoms. The van der Waals surface area contributed by atoms with E-state index in [1.807, 2.05) is 18.2 Å². The van der Waals surface area contributed by atoms with Gasteiger partial charge in [-0.3, -0.25) is 10.1 Å². The molecule has 12 heteroatoms. The van der Waals surface area contributed by atoms with E-state index in [2.05, 4.69) is 47.3 Å². The maximum atomic E-state index is 12.1. The van der Waals surface area contributed by atoms with E-state index in [1.54, 1.807) is 24.3 Å². The van der Waals surface area contributed by atoms with Crippen molar-refractivity contribution in [2.45, 2.75) is 6.42 Å². The van der Waals surface area contributed by atoms with Crippen molar-refractivity contribution in [3.05, 3.63) is 57.5 Å². The second-order valence-corrected chi connectivity index (χ2v) is 8.06. The van der Waals surface area contributed by atoms with Crippen molar-refractivity contribution < 1.29 is 19.1 Å². The second-order valence-electron chi connectivity index (χ2n) is 6.14. The van der Waals surface area contributed by atoms with Crippen molar-refractivity contribution in [1.82, 2.24) is 15.6 Å². The van der Waals surface area contributed by atoms with Crippen molar-refractivity contribution in [2.24, 2.45) is 5.10 Å². The SMILES string of the molecule is O=C(Cc1nnc(NC(=O)Nc2ccccc2)s1)N/N=C\c1cc2c(cc1Br)OCO2. The summed E-state index contributed by atoms with van der Waals surface area (Å²) < 4.78 is 11.4. The Morgan fingerprint density at radius 1 is 1.13 bits per heavy atom. The molecular formula is C19H15BrN6O4S. The van der Waals surface area contributed by atoms with Crippen LogP contribution in [0.1, 0.15) is 10.6 Å². The molecule has 3 amide bonds. The molecule has 0 fully saturated rings. The zero-order valence-corrected chi connectivity index (χ0v) is 18.2. The number of hydrogen-bond donors (Lipinski definition) is 3. The standard InChI is InChI=1S/C19H15BrN6O4S/c20-13-7-15-14(29-10-30-15)6-11(13)9-21-24-16(27)8-17-25-26-19(31-17)23-18(28)22-12-4-2-1-3-5-12/h1-7,9H,8,10H2,(H,24,27)(H2,22,23,26,28)/b21-9-. The topological polar surface area (TPSA) is 127 Å². The predicted molar refractivity (Wildman–Crippen MR) is 119 cm³/mol. The van der Waals surface area contributed by atoms with Crippen LogP contribution < -0.4 is 25.5 Å². The third-order valence-corrected chi connectivity index (χ3v) is 5.44. The van der Waals surface area contributed by atoms with Crippen LogP contribution >= 0.6 is 27.3 Å². The van der Waals surface area contributed by atoms with E-state index in [1.165, 1.54) is 6.21 Å². The Morgan fingerprint density at radius 2 is 1.90 bits per heavy atom. The highest BCUT2D eigenvalue weighted by atomic mass is 79.9. The van der Waals surface area contributed by atoms with Crippen molar-refractivity contribution in [2.75, 3.05) is 17.4 Å². The molecule has 1 aromatic heterocycles. The Labute approximate surface area is 188 Å². The number of nitrogens with one attached hydrogen (secondary N) is 3. The minimum atomic E-state index is -0.447. The van der Waals surface area contributed by atoms with Gasteiger partial charge in [-0.25, -0.2) is 10.2 Å². The number of fused-ring (bicyclic) bond motifs is 1. The molecule has 158 valence electrons. The van der Waals surface area contributed by atoms with E-state index in [0.29, 0.717) is 22.2 Å². The lowest BCUT2D eigenvalue weighted by molar-refractivity contribution is -0.120. The molecule has 0 aliphatic carbocycles. The number of amides is 3. The van der Waals surface area contributed by atoms with Crippen molar-refractivity contribution in [3.63, 3.8) is 0 Å². The number of ether oxygens (including phenoxy) is 2. The number of carbonyl (C=O) groups is 2. The van der Waals surface area contributed by atoms with Crippen molar-refractivity contribution >= 4 is 56.2 Å². The van der Waals surface area contributed by atoms with Crippen molar-refractivity contribution in [3.8, 4) is 11.5 Å². The van der Waals surface area contributed by atoms with Gasteiger partial charge in [0.05, 0.1) is 12.6 Å². The van der Waals surface area contributed by atoms with Crippen LogP contribution in [0, 0.1) is 0 Å². The van der Waals surface area contributed by atoms with Crippen LogP contribution in [-0.2, 0) is 11.2 Å². The average molecular weight is 503 g/mol. The molecule has 0 saturated carbocycles. The normalized spacial score (nSPS) is 12.0. The summed E-state index contributed by atoms with van der Waals surface area (Å²) in [6.45, 7) is 0.172. The molecule has 2 heterocycles. The smallest absolute Gasteiger partial charge is 0.325 e. The molecule has 0 radical (unpaired) electrons. The Kier molecular flexibility index (Phi) is 6.38. The van der Waals surface area contributed by atoms with Crippen LogP contribution in [0.2, 0.25) is 0 Å². The molecule has 0 atom stereocenters. The van der Waals surface area contributed by atoms with Gasteiger partial charge in [0.1, 0.15) is 5.01 Å². The number of urea groups is 1. The van der Waals surface area contributed by atoms with Crippen LogP contribution in [0.4, 0.5) is 15.6 Å². The zero-order chi connectivity index (χ0) is 21.6. The average Bonchev–Trinajstić information content (AvgIpc) is 3.37. The maximum absolute atomic E-state index is 12.1. The van der Waals surface area contributed by atoms with Gasteiger partial charge in [0.15, 0.2) is 11.5 Å². The van der Waals surface area contributed by atoms with Crippen molar-refractivity contribution in [1.29, 1.82) is 0 Å². The number of benzene rings is 2. The van der Waals surface area contributed by atoms with Gasteiger partial charge < -0.3 is 14.8 Å².